The van der Waals surface area contributed by atoms with E-state index >= 15 is 0 Å². The van der Waals surface area contributed by atoms with Crippen LogP contribution in [0.1, 0.15) is 54.4 Å². The molecule has 4 nitrogen and oxygen atoms in total. The van der Waals surface area contributed by atoms with Crippen molar-refractivity contribution in [3.8, 4) is 0 Å². The highest BCUT2D eigenvalue weighted by atomic mass is 16.8. The average Bonchev–Trinajstić information content (AvgIpc) is 2.74. The summed E-state index contributed by atoms with van der Waals surface area (Å²) in [5, 5.41) is 0. The van der Waals surface area contributed by atoms with Gasteiger partial charge in [-0.25, -0.2) is 0 Å². The molecule has 2 fully saturated rings. The first-order chi connectivity index (χ1) is 10.6. The highest BCUT2D eigenvalue weighted by Crippen LogP contribution is 2.48. The summed E-state index contributed by atoms with van der Waals surface area (Å²) in [6.07, 6.45) is 3.89. The number of cyclic esters (lactones) is 1. The first-order valence-electron chi connectivity index (χ1n) is 8.84. The monoisotopic (exact) mass is 322 g/mol. The van der Waals surface area contributed by atoms with E-state index in [1.807, 2.05) is 20.8 Å². The Hall–Kier alpha value is -0.870. The SMILES string of the molecule is CC1=CC[C@@H](C(C)C)[C@@H]2C(=O)O[C@H]([C@]3(C)COC(C)(C)O3)C[C@H]12. The van der Waals surface area contributed by atoms with E-state index in [0.717, 1.165) is 12.8 Å². The van der Waals surface area contributed by atoms with Crippen LogP contribution in [-0.4, -0.2) is 30.1 Å². The minimum absolute atomic E-state index is 0.00446. The second-order valence-corrected chi connectivity index (χ2v) is 8.49. The van der Waals surface area contributed by atoms with Crippen molar-refractivity contribution in [1.82, 2.24) is 0 Å². The van der Waals surface area contributed by atoms with Crippen molar-refractivity contribution in [1.29, 1.82) is 0 Å². The zero-order chi connectivity index (χ0) is 17.0. The molecule has 0 amide bonds. The van der Waals surface area contributed by atoms with Gasteiger partial charge in [-0.2, -0.15) is 0 Å². The molecule has 0 saturated carbocycles. The Morgan fingerprint density at radius 1 is 1.26 bits per heavy atom. The number of allylic oxidation sites excluding steroid dienone is 2. The van der Waals surface area contributed by atoms with Crippen molar-refractivity contribution in [2.45, 2.75) is 71.9 Å². The Kier molecular flexibility index (Phi) is 4.13. The van der Waals surface area contributed by atoms with E-state index in [-0.39, 0.29) is 23.9 Å². The van der Waals surface area contributed by atoms with Gasteiger partial charge in [-0.15, -0.1) is 0 Å². The first-order valence-corrected chi connectivity index (χ1v) is 8.84. The highest BCUT2D eigenvalue weighted by molar-refractivity contribution is 5.75. The number of hydrogen-bond donors (Lipinski definition) is 0. The van der Waals surface area contributed by atoms with E-state index in [1.54, 1.807) is 0 Å². The Morgan fingerprint density at radius 2 is 1.96 bits per heavy atom. The lowest BCUT2D eigenvalue weighted by Crippen LogP contribution is -2.54. The Labute approximate surface area is 139 Å². The van der Waals surface area contributed by atoms with Gasteiger partial charge in [-0.3, -0.25) is 4.79 Å². The summed E-state index contributed by atoms with van der Waals surface area (Å²) in [5.41, 5.74) is 0.769. The van der Waals surface area contributed by atoms with Gasteiger partial charge in [0.15, 0.2) is 5.79 Å². The van der Waals surface area contributed by atoms with Crippen LogP contribution in [0.5, 0.6) is 0 Å². The predicted octanol–water partition coefficient (Wildman–Crippen LogP) is 3.70. The fourth-order valence-electron chi connectivity index (χ4n) is 4.53. The minimum Gasteiger partial charge on any atom is -0.459 e. The molecule has 130 valence electrons. The fraction of sp³-hybridized carbons (Fsp3) is 0.842. The van der Waals surface area contributed by atoms with Crippen molar-refractivity contribution >= 4 is 5.97 Å². The zero-order valence-electron chi connectivity index (χ0n) is 15.2. The van der Waals surface area contributed by atoms with Crippen LogP contribution in [0, 0.1) is 23.7 Å². The maximum absolute atomic E-state index is 12.8. The second kappa shape index (κ2) is 5.59. The van der Waals surface area contributed by atoms with E-state index in [4.69, 9.17) is 14.2 Å². The number of carbonyl (C=O) groups is 1. The van der Waals surface area contributed by atoms with Crippen LogP contribution in [-0.2, 0) is 19.0 Å². The lowest BCUT2D eigenvalue weighted by molar-refractivity contribution is -0.209. The third-order valence-corrected chi connectivity index (χ3v) is 5.91. The van der Waals surface area contributed by atoms with E-state index in [0.29, 0.717) is 18.4 Å². The Balaban J connectivity index is 1.84. The van der Waals surface area contributed by atoms with Gasteiger partial charge in [0.1, 0.15) is 11.7 Å². The molecule has 1 aliphatic carbocycles. The molecule has 4 heteroatoms. The van der Waals surface area contributed by atoms with Crippen LogP contribution in [0.15, 0.2) is 11.6 Å². The van der Waals surface area contributed by atoms with Crippen molar-refractivity contribution in [2.24, 2.45) is 23.7 Å². The van der Waals surface area contributed by atoms with Crippen LogP contribution >= 0.6 is 0 Å². The predicted molar refractivity (Wildman–Crippen MR) is 87.7 cm³/mol. The maximum atomic E-state index is 12.8. The summed E-state index contributed by atoms with van der Waals surface area (Å²) in [6.45, 7) is 12.8. The molecule has 3 rings (SSSR count). The normalized spacial score (nSPS) is 43.1. The fourth-order valence-corrected chi connectivity index (χ4v) is 4.53. The van der Waals surface area contributed by atoms with Crippen molar-refractivity contribution in [3.05, 3.63) is 11.6 Å². The molecule has 0 aromatic carbocycles. The van der Waals surface area contributed by atoms with E-state index < -0.39 is 11.4 Å². The third-order valence-electron chi connectivity index (χ3n) is 5.91. The summed E-state index contributed by atoms with van der Waals surface area (Å²) in [7, 11) is 0. The van der Waals surface area contributed by atoms with Crippen LogP contribution in [0.4, 0.5) is 0 Å². The molecule has 2 saturated heterocycles. The number of rotatable bonds is 2. The number of esters is 1. The summed E-state index contributed by atoms with van der Waals surface area (Å²) in [5.74, 6) is 0.461. The third kappa shape index (κ3) is 2.96. The number of fused-ring (bicyclic) bond motifs is 1. The maximum Gasteiger partial charge on any atom is 0.310 e. The quantitative estimate of drug-likeness (QED) is 0.574. The van der Waals surface area contributed by atoms with Crippen LogP contribution in [0.2, 0.25) is 0 Å². The molecule has 2 heterocycles. The number of carbonyl (C=O) groups excluding carboxylic acids is 1. The second-order valence-electron chi connectivity index (χ2n) is 8.49. The summed E-state index contributed by atoms with van der Waals surface area (Å²) < 4.78 is 17.7. The lowest BCUT2D eigenvalue weighted by atomic mass is 9.65. The lowest BCUT2D eigenvalue weighted by Gasteiger charge is -2.46. The standard InChI is InChI=1S/C19H30O4/c1-11(2)13-8-7-12(3)14-9-15(22-17(20)16(13)14)19(6)10-21-18(4,5)23-19/h7,11,13-16H,8-10H2,1-6H3/t13-,14+,15-,16-,19-/m0/s1. The van der Waals surface area contributed by atoms with Crippen molar-refractivity contribution in [2.75, 3.05) is 6.61 Å². The van der Waals surface area contributed by atoms with Crippen LogP contribution in [0.25, 0.3) is 0 Å². The van der Waals surface area contributed by atoms with Crippen molar-refractivity contribution < 1.29 is 19.0 Å². The zero-order valence-corrected chi connectivity index (χ0v) is 15.2. The molecule has 23 heavy (non-hydrogen) atoms. The Morgan fingerprint density at radius 3 is 2.52 bits per heavy atom. The summed E-state index contributed by atoms with van der Waals surface area (Å²) in [4.78, 5) is 12.8. The highest BCUT2D eigenvalue weighted by Gasteiger charge is 2.54. The smallest absolute Gasteiger partial charge is 0.310 e. The van der Waals surface area contributed by atoms with E-state index in [2.05, 4.69) is 26.8 Å². The van der Waals surface area contributed by atoms with Crippen molar-refractivity contribution in [3.63, 3.8) is 0 Å². The molecule has 0 N–H and O–H groups in total. The summed E-state index contributed by atoms with van der Waals surface area (Å²) >= 11 is 0. The molecule has 0 bridgehead atoms. The van der Waals surface area contributed by atoms with Gasteiger partial charge in [-0.05, 0) is 58.3 Å². The van der Waals surface area contributed by atoms with Gasteiger partial charge in [0.05, 0.1) is 12.5 Å². The minimum atomic E-state index is -0.615. The van der Waals surface area contributed by atoms with Gasteiger partial charge in [-0.1, -0.05) is 25.5 Å². The van der Waals surface area contributed by atoms with Crippen LogP contribution in [0.3, 0.4) is 0 Å². The van der Waals surface area contributed by atoms with Crippen LogP contribution < -0.4 is 0 Å². The van der Waals surface area contributed by atoms with E-state index in [9.17, 15) is 4.79 Å². The van der Waals surface area contributed by atoms with Gasteiger partial charge < -0.3 is 14.2 Å². The van der Waals surface area contributed by atoms with Gasteiger partial charge in [0.2, 0.25) is 0 Å². The molecule has 0 unspecified atom stereocenters. The number of ether oxygens (including phenoxy) is 3. The Bertz CT molecular complexity index is 521. The molecular weight excluding hydrogens is 292 g/mol. The summed E-state index contributed by atoms with van der Waals surface area (Å²) in [6, 6.07) is 0. The molecule has 0 spiro atoms. The van der Waals surface area contributed by atoms with Gasteiger partial charge in [0.25, 0.3) is 0 Å². The largest absolute Gasteiger partial charge is 0.459 e. The molecule has 3 aliphatic rings. The molecular formula is C19H30O4. The molecule has 0 radical (unpaired) electrons. The molecule has 2 aliphatic heterocycles. The molecule has 5 atom stereocenters. The first kappa shape index (κ1) is 17.0. The molecule has 0 aromatic rings. The average molecular weight is 322 g/mol. The molecule has 0 aromatic heterocycles. The van der Waals surface area contributed by atoms with Gasteiger partial charge in [0, 0.05) is 0 Å². The number of hydrogen-bond acceptors (Lipinski definition) is 4. The topological polar surface area (TPSA) is 44.8 Å². The van der Waals surface area contributed by atoms with Gasteiger partial charge >= 0.3 is 5.97 Å². The van der Waals surface area contributed by atoms with E-state index in [1.165, 1.54) is 5.57 Å².